The molecule has 2 aromatic rings. The molecule has 0 saturated carbocycles. The second-order valence-electron chi connectivity index (χ2n) is 4.87. The van der Waals surface area contributed by atoms with Crippen molar-refractivity contribution in [1.82, 2.24) is 9.88 Å². The predicted molar refractivity (Wildman–Crippen MR) is 90.4 cm³/mol. The summed E-state index contributed by atoms with van der Waals surface area (Å²) in [6.45, 7) is 1.56. The number of hydrogen-bond acceptors (Lipinski definition) is 3. The van der Waals surface area contributed by atoms with Gasteiger partial charge in [-0.15, -0.1) is 0 Å². The number of anilines is 1. The fraction of sp³-hybridized carbons (Fsp3) is 0.188. The number of nitrogens with zero attached hydrogens (tertiary/aromatic N) is 2. The van der Waals surface area contributed by atoms with Crippen LogP contribution in [0.25, 0.3) is 0 Å². The van der Waals surface area contributed by atoms with E-state index in [0.29, 0.717) is 21.4 Å². The van der Waals surface area contributed by atoms with Gasteiger partial charge in [-0.2, -0.15) is 0 Å². The van der Waals surface area contributed by atoms with Gasteiger partial charge in [-0.25, -0.2) is 0 Å². The van der Waals surface area contributed by atoms with Crippen molar-refractivity contribution < 1.29 is 9.59 Å². The van der Waals surface area contributed by atoms with Crippen LogP contribution in [0, 0.1) is 0 Å². The number of amides is 2. The van der Waals surface area contributed by atoms with Gasteiger partial charge >= 0.3 is 0 Å². The van der Waals surface area contributed by atoms with Crippen molar-refractivity contribution in [2.75, 3.05) is 11.9 Å². The highest BCUT2D eigenvalue weighted by Gasteiger charge is 2.15. The van der Waals surface area contributed by atoms with Gasteiger partial charge in [-0.05, 0) is 30.3 Å². The van der Waals surface area contributed by atoms with Gasteiger partial charge < -0.3 is 10.2 Å². The van der Waals surface area contributed by atoms with E-state index in [-0.39, 0.29) is 24.9 Å². The molecule has 0 bridgehead atoms. The molecule has 0 aliphatic heterocycles. The molecule has 5 nitrogen and oxygen atoms in total. The Balaban J connectivity index is 2.03. The summed E-state index contributed by atoms with van der Waals surface area (Å²) in [5.41, 5.74) is 1.11. The van der Waals surface area contributed by atoms with Gasteiger partial charge in [-0.1, -0.05) is 29.3 Å². The molecule has 0 aliphatic carbocycles. The Hall–Kier alpha value is -2.11. The van der Waals surface area contributed by atoms with E-state index in [1.807, 2.05) is 6.07 Å². The highest BCUT2D eigenvalue weighted by molar-refractivity contribution is 6.35. The van der Waals surface area contributed by atoms with E-state index in [1.165, 1.54) is 11.8 Å². The first-order valence-corrected chi connectivity index (χ1v) is 7.61. The minimum absolute atomic E-state index is 0.102. The van der Waals surface area contributed by atoms with E-state index in [4.69, 9.17) is 23.2 Å². The summed E-state index contributed by atoms with van der Waals surface area (Å²) in [4.78, 5) is 29.4. The topological polar surface area (TPSA) is 62.3 Å². The van der Waals surface area contributed by atoms with Crippen LogP contribution < -0.4 is 5.32 Å². The zero-order valence-corrected chi connectivity index (χ0v) is 13.9. The molecule has 0 fully saturated rings. The van der Waals surface area contributed by atoms with Crippen molar-refractivity contribution in [3.8, 4) is 0 Å². The summed E-state index contributed by atoms with van der Waals surface area (Å²) in [5.74, 6) is -0.580. The Kier molecular flexibility index (Phi) is 5.96. The minimum Gasteiger partial charge on any atom is -0.328 e. The van der Waals surface area contributed by atoms with Crippen LogP contribution >= 0.6 is 23.2 Å². The molecular weight excluding hydrogens is 337 g/mol. The Morgan fingerprint density at radius 1 is 1.22 bits per heavy atom. The summed E-state index contributed by atoms with van der Waals surface area (Å²) in [6, 6.07) is 10.2. The van der Waals surface area contributed by atoms with Gasteiger partial charge in [0, 0.05) is 18.1 Å². The van der Waals surface area contributed by atoms with Gasteiger partial charge in [0.1, 0.15) is 6.54 Å². The molecule has 1 aromatic heterocycles. The number of hydrogen-bond donors (Lipinski definition) is 1. The minimum atomic E-state index is -0.361. The molecule has 1 heterocycles. The van der Waals surface area contributed by atoms with Crippen LogP contribution in [0.4, 0.5) is 5.69 Å². The van der Waals surface area contributed by atoms with Crippen LogP contribution in [0.15, 0.2) is 42.6 Å². The average Bonchev–Trinajstić information content (AvgIpc) is 2.51. The van der Waals surface area contributed by atoms with E-state index >= 15 is 0 Å². The SMILES string of the molecule is CC(=O)N(CC(=O)Nc1cc(Cl)ccc1Cl)Cc1ccccn1. The van der Waals surface area contributed by atoms with Gasteiger partial charge in [0.05, 0.1) is 22.9 Å². The normalized spacial score (nSPS) is 10.2. The number of halogens is 2. The van der Waals surface area contributed by atoms with E-state index in [9.17, 15) is 9.59 Å². The first-order chi connectivity index (χ1) is 11.0. The molecule has 23 heavy (non-hydrogen) atoms. The lowest BCUT2D eigenvalue weighted by Crippen LogP contribution is -2.36. The first kappa shape index (κ1) is 17.2. The molecule has 2 amide bonds. The number of benzene rings is 1. The third-order valence-electron chi connectivity index (χ3n) is 3.06. The van der Waals surface area contributed by atoms with Crippen molar-refractivity contribution in [2.45, 2.75) is 13.5 Å². The van der Waals surface area contributed by atoms with Crippen LogP contribution in [0.1, 0.15) is 12.6 Å². The third kappa shape index (κ3) is 5.23. The molecule has 0 unspecified atom stereocenters. The fourth-order valence-corrected chi connectivity index (χ4v) is 2.26. The molecule has 7 heteroatoms. The molecule has 0 radical (unpaired) electrons. The van der Waals surface area contributed by atoms with Crippen LogP contribution in [-0.4, -0.2) is 28.2 Å². The maximum absolute atomic E-state index is 12.2. The summed E-state index contributed by atoms with van der Waals surface area (Å²) < 4.78 is 0. The second kappa shape index (κ2) is 7.94. The molecule has 0 atom stereocenters. The standard InChI is InChI=1S/C16H15Cl2N3O2/c1-11(22)21(9-13-4-2-3-7-19-13)10-16(23)20-15-8-12(17)5-6-14(15)18/h2-8H,9-10H2,1H3,(H,20,23). The van der Waals surface area contributed by atoms with E-state index in [2.05, 4.69) is 10.3 Å². The van der Waals surface area contributed by atoms with Crippen molar-refractivity contribution in [1.29, 1.82) is 0 Å². The average molecular weight is 352 g/mol. The smallest absolute Gasteiger partial charge is 0.244 e. The Morgan fingerprint density at radius 3 is 2.65 bits per heavy atom. The Bertz CT molecular complexity index is 708. The monoisotopic (exact) mass is 351 g/mol. The maximum atomic E-state index is 12.2. The van der Waals surface area contributed by atoms with Gasteiger partial charge in [0.2, 0.25) is 11.8 Å². The first-order valence-electron chi connectivity index (χ1n) is 6.86. The zero-order chi connectivity index (χ0) is 16.8. The Morgan fingerprint density at radius 2 is 2.00 bits per heavy atom. The third-order valence-corrected chi connectivity index (χ3v) is 3.63. The molecule has 0 saturated heterocycles. The van der Waals surface area contributed by atoms with Crippen LogP contribution in [0.3, 0.4) is 0 Å². The van der Waals surface area contributed by atoms with Crippen molar-refractivity contribution in [2.24, 2.45) is 0 Å². The van der Waals surface area contributed by atoms with Gasteiger partial charge in [0.15, 0.2) is 0 Å². The molecule has 0 aliphatic rings. The number of aromatic nitrogens is 1. The number of nitrogens with one attached hydrogen (secondary N) is 1. The highest BCUT2D eigenvalue weighted by atomic mass is 35.5. The van der Waals surface area contributed by atoms with Crippen molar-refractivity contribution in [3.05, 3.63) is 58.3 Å². The Labute approximate surface area is 144 Å². The van der Waals surface area contributed by atoms with Gasteiger partial charge in [-0.3, -0.25) is 14.6 Å². The number of pyridine rings is 1. The van der Waals surface area contributed by atoms with Crippen LogP contribution in [-0.2, 0) is 16.1 Å². The zero-order valence-electron chi connectivity index (χ0n) is 12.4. The molecule has 1 aromatic carbocycles. The lowest BCUT2D eigenvalue weighted by molar-refractivity contribution is -0.133. The lowest BCUT2D eigenvalue weighted by Gasteiger charge is -2.20. The van der Waals surface area contributed by atoms with E-state index in [0.717, 1.165) is 0 Å². The summed E-state index contributed by atoms with van der Waals surface area (Å²) in [6.07, 6.45) is 1.64. The van der Waals surface area contributed by atoms with E-state index in [1.54, 1.807) is 36.5 Å². The summed E-state index contributed by atoms with van der Waals surface area (Å²) in [7, 11) is 0. The number of rotatable bonds is 5. The summed E-state index contributed by atoms with van der Waals surface area (Å²) >= 11 is 11.9. The number of carbonyl (C=O) groups is 2. The molecule has 120 valence electrons. The highest BCUT2D eigenvalue weighted by Crippen LogP contribution is 2.25. The van der Waals surface area contributed by atoms with Crippen LogP contribution in [0.2, 0.25) is 10.0 Å². The maximum Gasteiger partial charge on any atom is 0.244 e. The summed E-state index contributed by atoms with van der Waals surface area (Å²) in [5, 5.41) is 3.49. The lowest BCUT2D eigenvalue weighted by atomic mass is 10.3. The number of carbonyl (C=O) groups excluding carboxylic acids is 2. The molecule has 0 spiro atoms. The quantitative estimate of drug-likeness (QED) is 0.897. The molecule has 1 N–H and O–H groups in total. The van der Waals surface area contributed by atoms with Crippen molar-refractivity contribution in [3.63, 3.8) is 0 Å². The second-order valence-corrected chi connectivity index (χ2v) is 5.71. The predicted octanol–water partition coefficient (Wildman–Crippen LogP) is 3.38. The van der Waals surface area contributed by atoms with E-state index < -0.39 is 0 Å². The van der Waals surface area contributed by atoms with Gasteiger partial charge in [0.25, 0.3) is 0 Å². The fourth-order valence-electron chi connectivity index (χ4n) is 1.92. The largest absolute Gasteiger partial charge is 0.328 e. The molecular formula is C16H15Cl2N3O2. The molecule has 2 rings (SSSR count). The van der Waals surface area contributed by atoms with Crippen LogP contribution in [0.5, 0.6) is 0 Å². The van der Waals surface area contributed by atoms with Crippen molar-refractivity contribution >= 4 is 40.7 Å².